The number of thioether (sulfide) groups is 1. The number of rotatable bonds is 7. The highest BCUT2D eigenvalue weighted by Gasteiger charge is 2.14. The number of ether oxygens (including phenoxy) is 1. The number of hydrogen-bond acceptors (Lipinski definition) is 6. The lowest BCUT2D eigenvalue weighted by Crippen LogP contribution is -2.35. The summed E-state index contributed by atoms with van der Waals surface area (Å²) in [6.07, 6.45) is 0. The summed E-state index contributed by atoms with van der Waals surface area (Å²) in [6, 6.07) is 7.02. The lowest BCUT2D eigenvalue weighted by Gasteiger charge is -2.16. The number of aryl methyl sites for hydroxylation is 1. The molecule has 0 radical (unpaired) electrons. The van der Waals surface area contributed by atoms with Gasteiger partial charge in [-0.1, -0.05) is 17.8 Å². The minimum Gasteiger partial charge on any atom is -0.497 e. The Morgan fingerprint density at radius 2 is 2.21 bits per heavy atom. The van der Waals surface area contributed by atoms with E-state index >= 15 is 0 Å². The molecule has 2 amide bonds. The standard InChI is InChI=1S/C15H19N5O3S/c1-10-16-15(19-18-10)24-9-14(22)20(2)8-13(21)17-11-5-4-6-12(7-11)23-3/h4-7H,8-9H2,1-3H3,(H,17,21)(H,16,18,19). The van der Waals surface area contributed by atoms with Crippen LogP contribution < -0.4 is 10.1 Å². The average molecular weight is 349 g/mol. The van der Waals surface area contributed by atoms with Crippen LogP contribution in [0.4, 0.5) is 5.69 Å². The van der Waals surface area contributed by atoms with Gasteiger partial charge in [-0.2, -0.15) is 0 Å². The van der Waals surface area contributed by atoms with Crippen LogP contribution in [-0.4, -0.2) is 58.4 Å². The number of carbonyl (C=O) groups excluding carboxylic acids is 2. The van der Waals surface area contributed by atoms with E-state index < -0.39 is 0 Å². The topological polar surface area (TPSA) is 100 Å². The highest BCUT2D eigenvalue weighted by molar-refractivity contribution is 7.99. The lowest BCUT2D eigenvalue weighted by atomic mass is 10.3. The molecule has 0 aliphatic carbocycles. The van der Waals surface area contributed by atoms with Gasteiger partial charge in [0.15, 0.2) is 0 Å². The van der Waals surface area contributed by atoms with E-state index in [1.807, 2.05) is 0 Å². The normalized spacial score (nSPS) is 10.3. The third-order valence-corrected chi connectivity index (χ3v) is 3.89. The van der Waals surface area contributed by atoms with Gasteiger partial charge in [-0.3, -0.25) is 14.7 Å². The Morgan fingerprint density at radius 1 is 1.42 bits per heavy atom. The Labute approximate surface area is 144 Å². The Kier molecular flexibility index (Phi) is 6.19. The summed E-state index contributed by atoms with van der Waals surface area (Å²) in [5.74, 6) is 1.05. The molecule has 2 aromatic rings. The van der Waals surface area contributed by atoms with Gasteiger partial charge in [0.05, 0.1) is 19.4 Å². The van der Waals surface area contributed by atoms with Crippen LogP contribution in [0.15, 0.2) is 29.4 Å². The van der Waals surface area contributed by atoms with E-state index in [0.29, 0.717) is 22.4 Å². The average Bonchev–Trinajstić information content (AvgIpc) is 2.98. The highest BCUT2D eigenvalue weighted by Crippen LogP contribution is 2.16. The first-order chi connectivity index (χ1) is 11.5. The van der Waals surface area contributed by atoms with Crippen LogP contribution in [-0.2, 0) is 9.59 Å². The zero-order valence-corrected chi connectivity index (χ0v) is 14.5. The third-order valence-electron chi connectivity index (χ3n) is 3.06. The van der Waals surface area contributed by atoms with Gasteiger partial charge < -0.3 is 15.0 Å². The van der Waals surface area contributed by atoms with Crippen molar-refractivity contribution in [2.75, 3.05) is 31.8 Å². The SMILES string of the molecule is COc1cccc(NC(=O)CN(C)C(=O)CSc2n[nH]c(C)n2)c1. The molecular weight excluding hydrogens is 330 g/mol. The number of nitrogens with zero attached hydrogens (tertiary/aromatic N) is 3. The quantitative estimate of drug-likeness (QED) is 0.731. The van der Waals surface area contributed by atoms with E-state index in [9.17, 15) is 9.59 Å². The second-order valence-corrected chi connectivity index (χ2v) is 5.96. The molecule has 0 saturated carbocycles. The first-order valence-electron chi connectivity index (χ1n) is 7.17. The van der Waals surface area contributed by atoms with Crippen molar-refractivity contribution in [3.8, 4) is 5.75 Å². The van der Waals surface area contributed by atoms with Crippen molar-refractivity contribution in [3.63, 3.8) is 0 Å². The zero-order chi connectivity index (χ0) is 17.5. The molecular formula is C15H19N5O3S. The fourth-order valence-electron chi connectivity index (χ4n) is 1.83. The first kappa shape index (κ1) is 17.8. The molecule has 1 aromatic heterocycles. The smallest absolute Gasteiger partial charge is 0.243 e. The van der Waals surface area contributed by atoms with Gasteiger partial charge in [-0.05, 0) is 19.1 Å². The molecule has 2 rings (SSSR count). The van der Waals surface area contributed by atoms with Crippen molar-refractivity contribution in [1.29, 1.82) is 0 Å². The number of amides is 2. The van der Waals surface area contributed by atoms with Gasteiger partial charge in [-0.15, -0.1) is 5.10 Å². The summed E-state index contributed by atoms with van der Waals surface area (Å²) in [6.45, 7) is 1.75. The molecule has 0 unspecified atom stereocenters. The number of H-pyrrole nitrogens is 1. The van der Waals surface area contributed by atoms with E-state index in [-0.39, 0.29) is 24.1 Å². The monoisotopic (exact) mass is 349 g/mol. The fraction of sp³-hybridized carbons (Fsp3) is 0.333. The number of hydrogen-bond donors (Lipinski definition) is 2. The molecule has 0 spiro atoms. The number of aromatic amines is 1. The van der Waals surface area contributed by atoms with E-state index in [1.165, 1.54) is 16.7 Å². The Hall–Kier alpha value is -2.55. The Balaban J connectivity index is 1.80. The Morgan fingerprint density at radius 3 is 2.88 bits per heavy atom. The van der Waals surface area contributed by atoms with Crippen molar-refractivity contribution in [2.45, 2.75) is 12.1 Å². The first-order valence-corrected chi connectivity index (χ1v) is 8.16. The molecule has 0 atom stereocenters. The maximum Gasteiger partial charge on any atom is 0.243 e. The van der Waals surface area contributed by atoms with Crippen LogP contribution in [0.1, 0.15) is 5.82 Å². The summed E-state index contributed by atoms with van der Waals surface area (Å²) >= 11 is 1.22. The third kappa shape index (κ3) is 5.27. The summed E-state index contributed by atoms with van der Waals surface area (Å²) in [4.78, 5) is 29.5. The van der Waals surface area contributed by atoms with Crippen molar-refractivity contribution in [2.24, 2.45) is 0 Å². The van der Waals surface area contributed by atoms with Crippen LogP contribution in [0.3, 0.4) is 0 Å². The van der Waals surface area contributed by atoms with Gasteiger partial charge in [0.1, 0.15) is 11.6 Å². The predicted octanol–water partition coefficient (Wildman–Crippen LogP) is 1.31. The van der Waals surface area contributed by atoms with E-state index in [4.69, 9.17) is 4.74 Å². The molecule has 0 bridgehead atoms. The van der Waals surface area contributed by atoms with Gasteiger partial charge in [0, 0.05) is 18.8 Å². The van der Waals surface area contributed by atoms with Crippen molar-refractivity contribution >= 4 is 29.3 Å². The van der Waals surface area contributed by atoms with Crippen LogP contribution in [0.25, 0.3) is 0 Å². The zero-order valence-electron chi connectivity index (χ0n) is 13.7. The maximum atomic E-state index is 12.1. The second-order valence-electron chi connectivity index (χ2n) is 5.02. The second kappa shape index (κ2) is 8.34. The van der Waals surface area contributed by atoms with Crippen molar-refractivity contribution in [3.05, 3.63) is 30.1 Å². The largest absolute Gasteiger partial charge is 0.497 e. The van der Waals surface area contributed by atoms with Crippen molar-refractivity contribution in [1.82, 2.24) is 20.1 Å². The molecule has 0 saturated heterocycles. The van der Waals surface area contributed by atoms with E-state index in [1.54, 1.807) is 45.3 Å². The summed E-state index contributed by atoms with van der Waals surface area (Å²) in [5.41, 5.74) is 0.616. The van der Waals surface area contributed by atoms with Crippen LogP contribution in [0, 0.1) is 6.92 Å². The van der Waals surface area contributed by atoms with Crippen LogP contribution in [0.2, 0.25) is 0 Å². The summed E-state index contributed by atoms with van der Waals surface area (Å²) < 4.78 is 5.10. The molecule has 0 fully saturated rings. The Bertz CT molecular complexity index is 719. The number of methoxy groups -OCH3 is 1. The number of nitrogens with one attached hydrogen (secondary N) is 2. The summed E-state index contributed by atoms with van der Waals surface area (Å²) in [7, 11) is 3.14. The number of carbonyl (C=O) groups is 2. The molecule has 1 aromatic carbocycles. The molecule has 2 N–H and O–H groups in total. The number of aromatic nitrogens is 3. The van der Waals surface area contributed by atoms with Crippen LogP contribution in [0.5, 0.6) is 5.75 Å². The lowest BCUT2D eigenvalue weighted by molar-refractivity contribution is -0.131. The molecule has 8 nitrogen and oxygen atoms in total. The molecule has 128 valence electrons. The molecule has 0 aliphatic heterocycles. The van der Waals surface area contributed by atoms with Gasteiger partial charge in [0.2, 0.25) is 17.0 Å². The summed E-state index contributed by atoms with van der Waals surface area (Å²) in [5, 5.41) is 9.89. The highest BCUT2D eigenvalue weighted by atomic mass is 32.2. The van der Waals surface area contributed by atoms with Gasteiger partial charge >= 0.3 is 0 Å². The molecule has 0 aliphatic rings. The van der Waals surface area contributed by atoms with Crippen LogP contribution >= 0.6 is 11.8 Å². The van der Waals surface area contributed by atoms with E-state index in [2.05, 4.69) is 20.5 Å². The number of anilines is 1. The molecule has 9 heteroatoms. The van der Waals surface area contributed by atoms with Crippen molar-refractivity contribution < 1.29 is 14.3 Å². The van der Waals surface area contributed by atoms with E-state index in [0.717, 1.165) is 0 Å². The number of likely N-dealkylation sites (N-methyl/N-ethyl adjacent to an activating group) is 1. The van der Waals surface area contributed by atoms with Gasteiger partial charge in [-0.25, -0.2) is 4.98 Å². The minimum atomic E-state index is -0.280. The molecule has 24 heavy (non-hydrogen) atoms. The maximum absolute atomic E-state index is 12.1. The fourth-order valence-corrected chi connectivity index (χ4v) is 2.61. The predicted molar refractivity (Wildman–Crippen MR) is 91.1 cm³/mol. The van der Waals surface area contributed by atoms with Gasteiger partial charge in [0.25, 0.3) is 0 Å². The minimum absolute atomic E-state index is 0.0381. The molecule has 1 heterocycles. The number of benzene rings is 1.